The molecule has 1 heterocycles. The Morgan fingerprint density at radius 2 is 1.79 bits per heavy atom. The summed E-state index contributed by atoms with van der Waals surface area (Å²) in [5.74, 6) is 0.574. The minimum absolute atomic E-state index is 0.574. The van der Waals surface area contributed by atoms with E-state index in [0.29, 0.717) is 5.92 Å². The second-order valence-corrected chi connectivity index (χ2v) is 7.57. The lowest BCUT2D eigenvalue weighted by atomic mass is 9.88. The first-order valence-electron chi connectivity index (χ1n) is 9.73. The fourth-order valence-electron chi connectivity index (χ4n) is 4.25. The zero-order valence-corrected chi connectivity index (χ0v) is 15.8. The SMILES string of the molecule is CC1C=CC=C(c2cccc(-n3c4ccccc4c4cc([B]O)ccc43)c2)C1. The van der Waals surface area contributed by atoms with E-state index in [1.807, 2.05) is 12.1 Å². The van der Waals surface area contributed by atoms with Crippen LogP contribution in [0, 0.1) is 5.92 Å². The summed E-state index contributed by atoms with van der Waals surface area (Å²) < 4.78 is 2.32. The maximum absolute atomic E-state index is 9.45. The van der Waals surface area contributed by atoms with Crippen molar-refractivity contribution in [3.8, 4) is 5.69 Å². The van der Waals surface area contributed by atoms with Crippen molar-refractivity contribution in [2.24, 2.45) is 5.92 Å². The van der Waals surface area contributed by atoms with E-state index >= 15 is 0 Å². The van der Waals surface area contributed by atoms with Gasteiger partial charge in [-0.1, -0.05) is 73.1 Å². The van der Waals surface area contributed by atoms with Gasteiger partial charge in [-0.2, -0.15) is 0 Å². The number of benzene rings is 3. The average molecular weight is 362 g/mol. The number of hydrogen-bond donors (Lipinski definition) is 1. The third-order valence-corrected chi connectivity index (χ3v) is 5.60. The highest BCUT2D eigenvalue weighted by atomic mass is 16.2. The molecule has 1 aliphatic carbocycles. The highest BCUT2D eigenvalue weighted by Crippen LogP contribution is 2.33. The van der Waals surface area contributed by atoms with Gasteiger partial charge in [-0.05, 0) is 47.7 Å². The highest BCUT2D eigenvalue weighted by molar-refractivity contribution is 6.46. The average Bonchev–Trinajstić information content (AvgIpc) is 3.07. The quantitative estimate of drug-likeness (QED) is 0.510. The number of para-hydroxylation sites is 1. The van der Waals surface area contributed by atoms with Crippen molar-refractivity contribution in [1.82, 2.24) is 4.57 Å². The molecule has 1 N–H and O–H groups in total. The van der Waals surface area contributed by atoms with Crippen LogP contribution in [0.3, 0.4) is 0 Å². The molecule has 135 valence electrons. The molecule has 0 saturated heterocycles. The van der Waals surface area contributed by atoms with Crippen molar-refractivity contribution in [3.63, 3.8) is 0 Å². The van der Waals surface area contributed by atoms with E-state index in [1.165, 1.54) is 22.0 Å². The van der Waals surface area contributed by atoms with Gasteiger partial charge in [-0.3, -0.25) is 0 Å². The summed E-state index contributed by atoms with van der Waals surface area (Å²) in [4.78, 5) is 0. The summed E-state index contributed by atoms with van der Waals surface area (Å²) in [5.41, 5.74) is 6.96. The molecule has 1 aromatic heterocycles. The van der Waals surface area contributed by atoms with Gasteiger partial charge in [0.2, 0.25) is 0 Å². The van der Waals surface area contributed by atoms with Crippen LogP contribution in [0.1, 0.15) is 18.9 Å². The Hall–Kier alpha value is -3.04. The molecule has 1 aliphatic rings. The summed E-state index contributed by atoms with van der Waals surface area (Å²) in [6, 6.07) is 23.4. The van der Waals surface area contributed by atoms with Gasteiger partial charge in [0.15, 0.2) is 0 Å². The zero-order chi connectivity index (χ0) is 19.1. The second-order valence-electron chi connectivity index (χ2n) is 7.57. The van der Waals surface area contributed by atoms with E-state index in [0.717, 1.165) is 36.0 Å². The number of nitrogens with zero attached hydrogens (tertiary/aromatic N) is 1. The van der Waals surface area contributed by atoms with Crippen molar-refractivity contribution < 1.29 is 5.02 Å². The molecular formula is C25H21BNO. The monoisotopic (exact) mass is 362 g/mol. The fourth-order valence-corrected chi connectivity index (χ4v) is 4.25. The Morgan fingerprint density at radius 3 is 2.64 bits per heavy atom. The number of rotatable bonds is 3. The molecular weight excluding hydrogens is 341 g/mol. The molecule has 0 aliphatic heterocycles. The van der Waals surface area contributed by atoms with Gasteiger partial charge in [0.05, 0.1) is 11.0 Å². The van der Waals surface area contributed by atoms with Crippen molar-refractivity contribution in [3.05, 3.63) is 90.5 Å². The van der Waals surface area contributed by atoms with E-state index < -0.39 is 0 Å². The molecule has 0 saturated carbocycles. The molecule has 0 fully saturated rings. The van der Waals surface area contributed by atoms with Crippen molar-refractivity contribution in [1.29, 1.82) is 0 Å². The lowest BCUT2D eigenvalue weighted by Gasteiger charge is -2.16. The minimum Gasteiger partial charge on any atom is -0.450 e. The van der Waals surface area contributed by atoms with Crippen LogP contribution < -0.4 is 5.46 Å². The summed E-state index contributed by atoms with van der Waals surface area (Å²) in [7, 11) is 1.16. The first kappa shape index (κ1) is 17.1. The first-order chi connectivity index (χ1) is 13.7. The molecule has 2 nitrogen and oxygen atoms in total. The Labute approximate surface area is 165 Å². The molecule has 5 rings (SSSR count). The summed E-state index contributed by atoms with van der Waals surface area (Å²) >= 11 is 0. The van der Waals surface area contributed by atoms with E-state index in [4.69, 9.17) is 0 Å². The lowest BCUT2D eigenvalue weighted by Crippen LogP contribution is -2.12. The van der Waals surface area contributed by atoms with Crippen LogP contribution in [-0.4, -0.2) is 17.1 Å². The Balaban J connectivity index is 1.74. The molecule has 0 amide bonds. The Bertz CT molecular complexity index is 1250. The van der Waals surface area contributed by atoms with Gasteiger partial charge in [-0.25, -0.2) is 0 Å². The maximum Gasteiger partial charge on any atom is 0.326 e. The number of allylic oxidation sites excluding steroid dienone is 4. The van der Waals surface area contributed by atoms with Crippen molar-refractivity contribution in [2.75, 3.05) is 0 Å². The van der Waals surface area contributed by atoms with Crippen LogP contribution in [0.2, 0.25) is 0 Å². The molecule has 1 unspecified atom stereocenters. The Morgan fingerprint density at radius 1 is 0.929 bits per heavy atom. The van der Waals surface area contributed by atoms with Gasteiger partial charge in [0.1, 0.15) is 0 Å². The topological polar surface area (TPSA) is 25.2 Å². The Kier molecular flexibility index (Phi) is 4.18. The van der Waals surface area contributed by atoms with Crippen molar-refractivity contribution >= 4 is 40.3 Å². The summed E-state index contributed by atoms with van der Waals surface area (Å²) in [6.07, 6.45) is 7.73. The minimum atomic E-state index is 0.574. The number of aromatic nitrogens is 1. The molecule has 1 radical (unpaired) electrons. The predicted octanol–water partition coefficient (Wildman–Crippen LogP) is 5.00. The van der Waals surface area contributed by atoms with Crippen molar-refractivity contribution in [2.45, 2.75) is 13.3 Å². The molecule has 0 bridgehead atoms. The highest BCUT2D eigenvalue weighted by Gasteiger charge is 2.14. The normalized spacial score (nSPS) is 16.5. The smallest absolute Gasteiger partial charge is 0.326 e. The first-order valence-corrected chi connectivity index (χ1v) is 9.73. The number of fused-ring (bicyclic) bond motifs is 3. The van der Waals surface area contributed by atoms with Crippen LogP contribution in [0.15, 0.2) is 85.0 Å². The third-order valence-electron chi connectivity index (χ3n) is 5.60. The lowest BCUT2D eigenvalue weighted by molar-refractivity contribution is 0.615. The van der Waals surface area contributed by atoms with E-state index in [9.17, 15) is 5.02 Å². The van der Waals surface area contributed by atoms with Gasteiger partial charge >= 0.3 is 7.48 Å². The maximum atomic E-state index is 9.45. The molecule has 3 heteroatoms. The van der Waals surface area contributed by atoms with E-state index in [2.05, 4.69) is 84.3 Å². The summed E-state index contributed by atoms with van der Waals surface area (Å²) in [5, 5.41) is 11.8. The van der Waals surface area contributed by atoms with E-state index in [1.54, 1.807) is 0 Å². The second kappa shape index (κ2) is 6.85. The van der Waals surface area contributed by atoms with Crippen LogP contribution in [0.4, 0.5) is 0 Å². The van der Waals surface area contributed by atoms with E-state index in [-0.39, 0.29) is 0 Å². The van der Waals surface area contributed by atoms with Crippen LogP contribution >= 0.6 is 0 Å². The summed E-state index contributed by atoms with van der Waals surface area (Å²) in [6.45, 7) is 2.26. The number of hydrogen-bond acceptors (Lipinski definition) is 1. The van der Waals surface area contributed by atoms with Gasteiger partial charge in [0.25, 0.3) is 0 Å². The molecule has 3 aromatic carbocycles. The molecule has 4 aromatic rings. The van der Waals surface area contributed by atoms with Crippen LogP contribution in [-0.2, 0) is 0 Å². The van der Waals surface area contributed by atoms with Gasteiger partial charge < -0.3 is 9.59 Å². The van der Waals surface area contributed by atoms with Gasteiger partial charge in [-0.15, -0.1) is 0 Å². The fraction of sp³-hybridized carbons (Fsp3) is 0.120. The van der Waals surface area contributed by atoms with Gasteiger partial charge in [0, 0.05) is 16.5 Å². The zero-order valence-electron chi connectivity index (χ0n) is 15.8. The molecule has 1 atom stereocenters. The van der Waals surface area contributed by atoms with Crippen LogP contribution in [0.5, 0.6) is 0 Å². The third kappa shape index (κ3) is 2.79. The molecule has 28 heavy (non-hydrogen) atoms. The predicted molar refractivity (Wildman–Crippen MR) is 119 cm³/mol. The largest absolute Gasteiger partial charge is 0.450 e. The standard InChI is InChI=1S/C25H21BNO/c1-17-6-4-7-18(14-17)19-8-5-9-21(15-19)27-24-11-3-2-10-22(24)23-16-20(26-28)12-13-25(23)27/h2-13,15-17,28H,14H2,1H3. The molecule has 0 spiro atoms. The van der Waals surface area contributed by atoms with Crippen LogP contribution in [0.25, 0.3) is 33.1 Å².